The number of hydrogen-bond donors (Lipinski definition) is 1. The molecule has 0 radical (unpaired) electrons. The van der Waals surface area contributed by atoms with E-state index in [-0.39, 0.29) is 0 Å². The second kappa shape index (κ2) is 9.36. The molecule has 0 fully saturated rings. The number of hydrogen-bond acceptors (Lipinski definition) is 3. The fourth-order valence-corrected chi connectivity index (χ4v) is 4.17. The SMILES string of the molecule is C=C(Nc1cc2cc(-c3cnc(C)n3C)ccc2cn1)c1ccc(CCc2ccccc2)cc1. The molecule has 5 aromatic rings. The third-order valence-corrected chi connectivity index (χ3v) is 6.36. The fourth-order valence-electron chi connectivity index (χ4n) is 4.17. The molecule has 2 heterocycles. The fraction of sp³-hybridized carbons (Fsp3) is 0.133. The molecule has 0 unspecified atom stereocenters. The minimum atomic E-state index is 0.781. The van der Waals surface area contributed by atoms with Gasteiger partial charge in [0.25, 0.3) is 0 Å². The number of rotatable bonds is 7. The van der Waals surface area contributed by atoms with Gasteiger partial charge in [0.15, 0.2) is 0 Å². The molecule has 1 N–H and O–H groups in total. The van der Waals surface area contributed by atoms with Gasteiger partial charge in [0.2, 0.25) is 0 Å². The Bertz CT molecular complexity index is 1450. The maximum atomic E-state index is 4.59. The molecule has 0 amide bonds. The van der Waals surface area contributed by atoms with Gasteiger partial charge in [0.1, 0.15) is 11.6 Å². The lowest BCUT2D eigenvalue weighted by atomic mass is 10.0. The molecule has 2 aromatic heterocycles. The third kappa shape index (κ3) is 4.62. The lowest BCUT2D eigenvalue weighted by Gasteiger charge is -2.11. The Morgan fingerprint density at radius 3 is 2.26 bits per heavy atom. The van der Waals surface area contributed by atoms with Crippen molar-refractivity contribution in [3.63, 3.8) is 0 Å². The van der Waals surface area contributed by atoms with Gasteiger partial charge in [0, 0.05) is 29.9 Å². The number of nitrogens with zero attached hydrogens (tertiary/aromatic N) is 3. The number of pyridine rings is 1. The van der Waals surface area contributed by atoms with Crippen LogP contribution in [0.15, 0.2) is 97.8 Å². The Balaban J connectivity index is 1.29. The van der Waals surface area contributed by atoms with Crippen LogP contribution in [0.1, 0.15) is 22.5 Å². The summed E-state index contributed by atoms with van der Waals surface area (Å²) in [4.78, 5) is 9.01. The average molecular weight is 445 g/mol. The summed E-state index contributed by atoms with van der Waals surface area (Å²) in [7, 11) is 2.04. The first-order valence-electron chi connectivity index (χ1n) is 11.5. The van der Waals surface area contributed by atoms with Gasteiger partial charge >= 0.3 is 0 Å². The molecule has 0 aliphatic rings. The van der Waals surface area contributed by atoms with Crippen molar-refractivity contribution in [2.75, 3.05) is 5.32 Å². The first-order valence-corrected chi connectivity index (χ1v) is 11.5. The Labute approximate surface area is 200 Å². The number of aryl methyl sites for hydroxylation is 3. The van der Waals surface area contributed by atoms with Crippen molar-refractivity contribution in [1.29, 1.82) is 0 Å². The minimum Gasteiger partial charge on any atom is -0.340 e. The quantitative estimate of drug-likeness (QED) is 0.300. The van der Waals surface area contributed by atoms with E-state index in [9.17, 15) is 0 Å². The van der Waals surface area contributed by atoms with Crippen molar-refractivity contribution in [3.8, 4) is 11.3 Å². The van der Waals surface area contributed by atoms with Crippen LogP contribution in [0, 0.1) is 6.92 Å². The van der Waals surface area contributed by atoms with Crippen LogP contribution in [0.4, 0.5) is 5.82 Å². The van der Waals surface area contributed by atoms with Gasteiger partial charge in [-0.1, -0.05) is 73.3 Å². The van der Waals surface area contributed by atoms with Crippen molar-refractivity contribution < 1.29 is 0 Å². The average Bonchev–Trinajstić information content (AvgIpc) is 3.21. The molecule has 0 saturated heterocycles. The van der Waals surface area contributed by atoms with Crippen LogP contribution in [0.25, 0.3) is 27.7 Å². The van der Waals surface area contributed by atoms with Crippen molar-refractivity contribution >= 4 is 22.3 Å². The second-order valence-electron chi connectivity index (χ2n) is 8.67. The molecule has 0 saturated carbocycles. The molecule has 3 aromatic carbocycles. The highest BCUT2D eigenvalue weighted by Crippen LogP contribution is 2.27. The van der Waals surface area contributed by atoms with E-state index in [4.69, 9.17) is 0 Å². The van der Waals surface area contributed by atoms with E-state index < -0.39 is 0 Å². The highest BCUT2D eigenvalue weighted by Gasteiger charge is 2.08. The van der Waals surface area contributed by atoms with Crippen molar-refractivity contribution in [2.24, 2.45) is 7.05 Å². The molecule has 5 rings (SSSR count). The summed E-state index contributed by atoms with van der Waals surface area (Å²) < 4.78 is 2.10. The van der Waals surface area contributed by atoms with Gasteiger partial charge in [-0.2, -0.15) is 0 Å². The van der Waals surface area contributed by atoms with Crippen LogP contribution in [0.5, 0.6) is 0 Å². The Morgan fingerprint density at radius 2 is 1.56 bits per heavy atom. The Kier molecular flexibility index (Phi) is 5.96. The first kappa shape index (κ1) is 21.7. The van der Waals surface area contributed by atoms with Crippen molar-refractivity contribution in [2.45, 2.75) is 19.8 Å². The minimum absolute atomic E-state index is 0.781. The normalized spacial score (nSPS) is 11.0. The number of benzene rings is 3. The number of aromatic nitrogens is 3. The number of anilines is 1. The van der Waals surface area contributed by atoms with Crippen molar-refractivity contribution in [1.82, 2.24) is 14.5 Å². The summed E-state index contributed by atoms with van der Waals surface area (Å²) >= 11 is 0. The summed E-state index contributed by atoms with van der Waals surface area (Å²) in [6.45, 7) is 6.25. The van der Waals surface area contributed by atoms with E-state index in [1.165, 1.54) is 11.1 Å². The van der Waals surface area contributed by atoms with Gasteiger partial charge in [-0.3, -0.25) is 0 Å². The standard InChI is InChI=1S/C30H28N4/c1-21(25-13-11-24(12-14-25)10-9-23-7-5-4-6-8-23)33-30-18-28-17-26(15-16-27(28)19-32-30)29-20-31-22(2)34(29)3/h4-8,11-20H,1,9-10H2,2-3H3,(H,32,33). The maximum Gasteiger partial charge on any atom is 0.130 e. The maximum absolute atomic E-state index is 4.59. The van der Waals surface area contributed by atoms with E-state index in [0.29, 0.717) is 0 Å². The van der Waals surface area contributed by atoms with Gasteiger partial charge in [-0.25, -0.2) is 9.97 Å². The van der Waals surface area contributed by atoms with Gasteiger partial charge in [-0.15, -0.1) is 0 Å². The molecular formula is C30H28N4. The molecule has 0 aliphatic carbocycles. The summed E-state index contributed by atoms with van der Waals surface area (Å²) in [6.07, 6.45) is 5.88. The Hall–Kier alpha value is -4.18. The monoisotopic (exact) mass is 444 g/mol. The number of imidazole rings is 1. The highest BCUT2D eigenvalue weighted by molar-refractivity contribution is 5.89. The highest BCUT2D eigenvalue weighted by atomic mass is 15.0. The van der Waals surface area contributed by atoms with E-state index >= 15 is 0 Å². The van der Waals surface area contributed by atoms with E-state index in [0.717, 1.165) is 57.8 Å². The summed E-state index contributed by atoms with van der Waals surface area (Å²) in [5.41, 5.74) is 6.81. The Morgan fingerprint density at radius 1 is 0.824 bits per heavy atom. The molecule has 168 valence electrons. The zero-order valence-corrected chi connectivity index (χ0v) is 19.6. The third-order valence-electron chi connectivity index (χ3n) is 6.36. The van der Waals surface area contributed by atoms with Gasteiger partial charge in [-0.05, 0) is 54.0 Å². The largest absolute Gasteiger partial charge is 0.340 e. The lowest BCUT2D eigenvalue weighted by molar-refractivity contribution is 0.865. The van der Waals surface area contributed by atoms with E-state index in [1.807, 2.05) is 26.4 Å². The molecule has 4 heteroatoms. The molecule has 34 heavy (non-hydrogen) atoms. The van der Waals surface area contributed by atoms with Gasteiger partial charge in [0.05, 0.1) is 11.9 Å². The van der Waals surface area contributed by atoms with Crippen LogP contribution < -0.4 is 5.32 Å². The van der Waals surface area contributed by atoms with Crippen LogP contribution in [0.2, 0.25) is 0 Å². The molecule has 0 atom stereocenters. The van der Waals surface area contributed by atoms with Gasteiger partial charge < -0.3 is 9.88 Å². The smallest absolute Gasteiger partial charge is 0.130 e. The zero-order chi connectivity index (χ0) is 23.5. The topological polar surface area (TPSA) is 42.7 Å². The molecule has 4 nitrogen and oxygen atoms in total. The second-order valence-corrected chi connectivity index (χ2v) is 8.67. The zero-order valence-electron chi connectivity index (χ0n) is 19.6. The van der Waals surface area contributed by atoms with Crippen LogP contribution in [-0.2, 0) is 19.9 Å². The first-order chi connectivity index (χ1) is 16.6. The van der Waals surface area contributed by atoms with E-state index in [1.54, 1.807) is 0 Å². The molecule has 0 aliphatic heterocycles. The predicted octanol–water partition coefficient (Wildman–Crippen LogP) is 6.81. The summed E-state index contributed by atoms with van der Waals surface area (Å²) in [6, 6.07) is 27.7. The van der Waals surface area contributed by atoms with Crippen LogP contribution in [-0.4, -0.2) is 14.5 Å². The lowest BCUT2D eigenvalue weighted by Crippen LogP contribution is -2.00. The predicted molar refractivity (Wildman–Crippen MR) is 142 cm³/mol. The number of nitrogens with one attached hydrogen (secondary N) is 1. The molecular weight excluding hydrogens is 416 g/mol. The van der Waals surface area contributed by atoms with E-state index in [2.05, 4.69) is 105 Å². The molecule has 0 bridgehead atoms. The summed E-state index contributed by atoms with van der Waals surface area (Å²) in [5.74, 6) is 1.78. The van der Waals surface area contributed by atoms with Crippen LogP contribution in [0.3, 0.4) is 0 Å². The number of fused-ring (bicyclic) bond motifs is 1. The van der Waals surface area contributed by atoms with Crippen molar-refractivity contribution in [3.05, 3.63) is 120 Å². The molecule has 0 spiro atoms. The summed E-state index contributed by atoms with van der Waals surface area (Å²) in [5, 5.41) is 5.60. The van der Waals surface area contributed by atoms with Crippen LogP contribution >= 0.6 is 0 Å².